The normalized spacial score (nSPS) is 14.4. The molecule has 1 aromatic heterocycles. The molecule has 2 N–H and O–H groups in total. The third-order valence-electron chi connectivity index (χ3n) is 3.41. The molecule has 1 aliphatic carbocycles. The molecule has 6 nitrogen and oxygen atoms in total. The predicted octanol–water partition coefficient (Wildman–Crippen LogP) is 0.358. The largest absolute Gasteiger partial charge is 0.353 e. The first-order chi connectivity index (χ1) is 9.65. The number of carbonyl (C=O) groups is 1. The van der Waals surface area contributed by atoms with E-state index in [4.69, 9.17) is 0 Å². The number of aryl methyl sites for hydroxylation is 1. The summed E-state index contributed by atoms with van der Waals surface area (Å²) < 4.78 is 1.43. The molecule has 1 saturated carbocycles. The molecule has 1 heterocycles. The Morgan fingerprint density at radius 3 is 2.80 bits per heavy atom. The number of rotatable bonds is 4. The average molecular weight is 273 g/mol. The number of amides is 1. The number of H-pyrrole nitrogens is 1. The Morgan fingerprint density at radius 2 is 2.05 bits per heavy atom. The smallest absolute Gasteiger partial charge is 0.328 e. The minimum atomic E-state index is -0.479. The van der Waals surface area contributed by atoms with Crippen LogP contribution in [0.15, 0.2) is 33.9 Å². The summed E-state index contributed by atoms with van der Waals surface area (Å²) in [5, 5.41) is 3.33. The highest BCUT2D eigenvalue weighted by molar-refractivity contribution is 5.79. The minimum absolute atomic E-state index is 0.0605. The molecular formula is C14H15N3O3. The van der Waals surface area contributed by atoms with E-state index in [-0.39, 0.29) is 18.9 Å². The Labute approximate surface area is 114 Å². The lowest BCUT2D eigenvalue weighted by Gasteiger charge is -2.09. The van der Waals surface area contributed by atoms with Crippen molar-refractivity contribution in [1.29, 1.82) is 0 Å². The summed E-state index contributed by atoms with van der Waals surface area (Å²) in [5.41, 5.74) is -0.322. The molecule has 20 heavy (non-hydrogen) atoms. The van der Waals surface area contributed by atoms with E-state index >= 15 is 0 Å². The first-order valence-electron chi connectivity index (χ1n) is 6.66. The van der Waals surface area contributed by atoms with E-state index < -0.39 is 11.2 Å². The number of aromatic nitrogens is 2. The van der Waals surface area contributed by atoms with Crippen LogP contribution in [0.1, 0.15) is 19.3 Å². The molecule has 104 valence electrons. The van der Waals surface area contributed by atoms with Gasteiger partial charge in [-0.2, -0.15) is 0 Å². The number of hydrogen-bond acceptors (Lipinski definition) is 3. The monoisotopic (exact) mass is 273 g/mol. The van der Waals surface area contributed by atoms with Gasteiger partial charge in [0.05, 0.1) is 10.9 Å². The summed E-state index contributed by atoms with van der Waals surface area (Å²) in [4.78, 5) is 37.5. The van der Waals surface area contributed by atoms with Crippen molar-refractivity contribution in [3.8, 4) is 0 Å². The Hall–Kier alpha value is -2.37. The van der Waals surface area contributed by atoms with Crippen molar-refractivity contribution >= 4 is 16.8 Å². The molecule has 0 bridgehead atoms. The molecule has 0 atom stereocenters. The molecule has 0 aliphatic heterocycles. The van der Waals surface area contributed by atoms with E-state index in [0.717, 1.165) is 12.8 Å². The van der Waals surface area contributed by atoms with Gasteiger partial charge in [0.15, 0.2) is 0 Å². The summed E-state index contributed by atoms with van der Waals surface area (Å²) in [6.45, 7) is 0.259. The molecule has 1 fully saturated rings. The zero-order valence-electron chi connectivity index (χ0n) is 10.9. The molecular weight excluding hydrogens is 258 g/mol. The van der Waals surface area contributed by atoms with Gasteiger partial charge in [0, 0.05) is 19.0 Å². The number of benzene rings is 1. The second kappa shape index (κ2) is 4.96. The Balaban J connectivity index is 1.88. The van der Waals surface area contributed by atoms with Gasteiger partial charge in [-0.25, -0.2) is 4.79 Å². The van der Waals surface area contributed by atoms with Crippen LogP contribution in [-0.2, 0) is 11.3 Å². The van der Waals surface area contributed by atoms with Crippen LogP contribution < -0.4 is 16.6 Å². The highest BCUT2D eigenvalue weighted by Crippen LogP contribution is 2.18. The third kappa shape index (κ3) is 2.49. The van der Waals surface area contributed by atoms with Crippen LogP contribution in [0, 0.1) is 0 Å². The van der Waals surface area contributed by atoms with Gasteiger partial charge in [-0.05, 0) is 25.0 Å². The fourth-order valence-corrected chi connectivity index (χ4v) is 2.21. The highest BCUT2D eigenvalue weighted by atomic mass is 16.2. The maximum atomic E-state index is 11.9. The lowest BCUT2D eigenvalue weighted by molar-refractivity contribution is -0.121. The molecule has 0 saturated heterocycles. The number of aromatic amines is 1. The summed E-state index contributed by atoms with van der Waals surface area (Å²) in [5.74, 6) is -0.0605. The van der Waals surface area contributed by atoms with Crippen LogP contribution in [0.4, 0.5) is 0 Å². The molecule has 1 aliphatic rings. The SMILES string of the molecule is O=C(CCn1c(=O)[nH]c(=O)c2ccccc21)NC1CC1. The van der Waals surface area contributed by atoms with E-state index in [0.29, 0.717) is 16.9 Å². The van der Waals surface area contributed by atoms with Crippen LogP contribution in [0.25, 0.3) is 10.9 Å². The molecule has 3 rings (SSSR count). The van der Waals surface area contributed by atoms with Crippen molar-refractivity contribution in [1.82, 2.24) is 14.9 Å². The van der Waals surface area contributed by atoms with E-state index in [2.05, 4.69) is 10.3 Å². The van der Waals surface area contributed by atoms with Crippen molar-refractivity contribution in [2.75, 3.05) is 0 Å². The number of para-hydroxylation sites is 1. The minimum Gasteiger partial charge on any atom is -0.353 e. The van der Waals surface area contributed by atoms with Crippen molar-refractivity contribution in [2.24, 2.45) is 0 Å². The van der Waals surface area contributed by atoms with Gasteiger partial charge in [-0.15, -0.1) is 0 Å². The van der Waals surface area contributed by atoms with Gasteiger partial charge >= 0.3 is 5.69 Å². The Bertz CT molecular complexity index is 771. The average Bonchev–Trinajstić information content (AvgIpc) is 3.22. The number of hydrogen-bond donors (Lipinski definition) is 2. The molecule has 1 amide bonds. The van der Waals surface area contributed by atoms with Gasteiger partial charge in [0.25, 0.3) is 5.56 Å². The topological polar surface area (TPSA) is 84.0 Å². The fourth-order valence-electron chi connectivity index (χ4n) is 2.21. The van der Waals surface area contributed by atoms with Crippen molar-refractivity contribution in [3.05, 3.63) is 45.1 Å². The van der Waals surface area contributed by atoms with E-state index in [1.165, 1.54) is 4.57 Å². The summed E-state index contributed by atoms with van der Waals surface area (Å²) in [7, 11) is 0. The lowest BCUT2D eigenvalue weighted by Crippen LogP contribution is -2.33. The van der Waals surface area contributed by atoms with Crippen LogP contribution in [0.2, 0.25) is 0 Å². The summed E-state index contributed by atoms with van der Waals surface area (Å²) in [6.07, 6.45) is 2.30. The van der Waals surface area contributed by atoms with Gasteiger partial charge in [-0.3, -0.25) is 19.1 Å². The van der Waals surface area contributed by atoms with E-state index in [1.807, 2.05) is 0 Å². The number of carbonyl (C=O) groups excluding carboxylic acids is 1. The highest BCUT2D eigenvalue weighted by Gasteiger charge is 2.23. The molecule has 1 aromatic carbocycles. The van der Waals surface area contributed by atoms with Crippen molar-refractivity contribution in [3.63, 3.8) is 0 Å². The Morgan fingerprint density at radius 1 is 1.30 bits per heavy atom. The molecule has 2 aromatic rings. The zero-order valence-corrected chi connectivity index (χ0v) is 10.9. The van der Waals surface area contributed by atoms with Crippen LogP contribution in [-0.4, -0.2) is 21.5 Å². The summed E-state index contributed by atoms with van der Waals surface area (Å²) >= 11 is 0. The standard InChI is InChI=1S/C14H15N3O3/c18-12(15-9-5-6-9)7-8-17-11-4-2-1-3-10(11)13(19)16-14(17)20/h1-4,9H,5-8H2,(H,15,18)(H,16,19,20). The van der Waals surface area contributed by atoms with E-state index in [1.54, 1.807) is 24.3 Å². The van der Waals surface area contributed by atoms with Crippen LogP contribution in [0.5, 0.6) is 0 Å². The first-order valence-corrected chi connectivity index (χ1v) is 6.66. The number of nitrogens with zero attached hydrogens (tertiary/aromatic N) is 1. The predicted molar refractivity (Wildman–Crippen MR) is 74.6 cm³/mol. The Kier molecular flexibility index (Phi) is 3.14. The van der Waals surface area contributed by atoms with Crippen molar-refractivity contribution in [2.45, 2.75) is 31.8 Å². The van der Waals surface area contributed by atoms with Gasteiger partial charge in [0.2, 0.25) is 5.91 Å². The van der Waals surface area contributed by atoms with Crippen LogP contribution in [0.3, 0.4) is 0 Å². The molecule has 0 unspecified atom stereocenters. The fraction of sp³-hybridized carbons (Fsp3) is 0.357. The quantitative estimate of drug-likeness (QED) is 0.843. The van der Waals surface area contributed by atoms with Crippen molar-refractivity contribution < 1.29 is 4.79 Å². The maximum Gasteiger partial charge on any atom is 0.328 e. The second-order valence-corrected chi connectivity index (χ2v) is 5.02. The third-order valence-corrected chi connectivity index (χ3v) is 3.41. The molecule has 6 heteroatoms. The maximum absolute atomic E-state index is 11.9. The number of nitrogens with one attached hydrogen (secondary N) is 2. The van der Waals surface area contributed by atoms with Gasteiger partial charge < -0.3 is 5.32 Å². The van der Waals surface area contributed by atoms with Crippen LogP contribution >= 0.6 is 0 Å². The van der Waals surface area contributed by atoms with Gasteiger partial charge in [0.1, 0.15) is 0 Å². The zero-order chi connectivity index (χ0) is 14.1. The number of fused-ring (bicyclic) bond motifs is 1. The van der Waals surface area contributed by atoms with E-state index in [9.17, 15) is 14.4 Å². The second-order valence-electron chi connectivity index (χ2n) is 5.02. The molecule has 0 spiro atoms. The summed E-state index contributed by atoms with van der Waals surface area (Å²) in [6, 6.07) is 7.19. The molecule has 0 radical (unpaired) electrons. The van der Waals surface area contributed by atoms with Gasteiger partial charge in [-0.1, -0.05) is 12.1 Å². The lowest BCUT2D eigenvalue weighted by atomic mass is 10.2. The first kappa shape index (κ1) is 12.7.